The molecule has 1 unspecified atom stereocenters. The molecule has 0 amide bonds. The number of para-hydroxylation sites is 2. The third kappa shape index (κ3) is 4.41. The minimum atomic E-state index is -0.925. The molecule has 1 N–H and O–H groups in total. The molecule has 4 heterocycles. The number of fused-ring (bicyclic) bond motifs is 3. The van der Waals surface area contributed by atoms with E-state index in [1.807, 2.05) is 35.9 Å². The molecule has 0 saturated carbocycles. The van der Waals surface area contributed by atoms with Crippen LogP contribution >= 0.6 is 11.3 Å². The van der Waals surface area contributed by atoms with E-state index in [9.17, 15) is 9.90 Å². The quantitative estimate of drug-likeness (QED) is 0.303. The summed E-state index contributed by atoms with van der Waals surface area (Å²) in [5.74, 6) is 2.07. The first kappa shape index (κ1) is 24.1. The van der Waals surface area contributed by atoms with Gasteiger partial charge in [-0.25, -0.2) is 14.8 Å². The Kier molecular flexibility index (Phi) is 5.97. The highest BCUT2D eigenvalue weighted by atomic mass is 32.1. The van der Waals surface area contributed by atoms with Crippen LogP contribution in [0.4, 0.5) is 0 Å². The van der Waals surface area contributed by atoms with Crippen LogP contribution in [0, 0.1) is 0 Å². The van der Waals surface area contributed by atoms with E-state index in [1.54, 1.807) is 29.5 Å². The fraction of sp³-hybridized carbons (Fsp3) is 0.300. The minimum Gasteiger partial charge on any atom is -0.485 e. The monoisotopic (exact) mass is 540 g/mol. The van der Waals surface area contributed by atoms with E-state index >= 15 is 0 Å². The number of ether oxygens (including phenoxy) is 2. The zero-order chi connectivity index (χ0) is 26.5. The average molecular weight is 541 g/mol. The van der Waals surface area contributed by atoms with Crippen LogP contribution in [0.1, 0.15) is 51.6 Å². The standard InChI is InChI=1S/C30H28N4O4S/c1-33-23-15-19(30(35)36)9-10-21(23)31-27(33)16-34-13-11-18(12-14-34)20-5-4-7-24-28(20)38-25(17-37-24)29-32-22-6-2-3-8-26(22)39-29/h2-10,15,18,25H,11-14,16-17H2,1H3,(H,35,36). The predicted octanol–water partition coefficient (Wildman–Crippen LogP) is 5.77. The molecule has 39 heavy (non-hydrogen) atoms. The van der Waals surface area contributed by atoms with Crippen LogP contribution in [0.15, 0.2) is 60.7 Å². The Bertz CT molecular complexity index is 1670. The van der Waals surface area contributed by atoms with Gasteiger partial charge in [0.15, 0.2) is 17.6 Å². The zero-order valence-electron chi connectivity index (χ0n) is 21.5. The van der Waals surface area contributed by atoms with Crippen LogP contribution in [0.5, 0.6) is 11.5 Å². The van der Waals surface area contributed by atoms with Crippen molar-refractivity contribution in [2.45, 2.75) is 31.4 Å². The third-order valence-corrected chi connectivity index (χ3v) is 8.99. The van der Waals surface area contributed by atoms with Gasteiger partial charge in [-0.1, -0.05) is 24.3 Å². The fourth-order valence-corrected chi connectivity index (χ4v) is 6.68. The second-order valence-corrected chi connectivity index (χ2v) is 11.3. The minimum absolute atomic E-state index is 0.213. The van der Waals surface area contributed by atoms with E-state index < -0.39 is 5.97 Å². The molecule has 2 aliphatic heterocycles. The first-order valence-electron chi connectivity index (χ1n) is 13.2. The number of rotatable bonds is 5. The Morgan fingerprint density at radius 2 is 1.90 bits per heavy atom. The maximum atomic E-state index is 11.4. The Labute approximate surface area is 229 Å². The lowest BCUT2D eigenvalue weighted by atomic mass is 9.88. The highest BCUT2D eigenvalue weighted by Gasteiger charge is 2.31. The molecule has 1 fully saturated rings. The second kappa shape index (κ2) is 9.66. The number of carboxylic acid groups (broad SMARTS) is 1. The fourth-order valence-electron chi connectivity index (χ4n) is 5.70. The molecule has 0 bridgehead atoms. The first-order chi connectivity index (χ1) is 19.0. The topological polar surface area (TPSA) is 89.7 Å². The summed E-state index contributed by atoms with van der Waals surface area (Å²) >= 11 is 1.67. The van der Waals surface area contributed by atoms with E-state index in [1.165, 1.54) is 5.56 Å². The van der Waals surface area contributed by atoms with Gasteiger partial charge in [0.2, 0.25) is 0 Å². The van der Waals surface area contributed by atoms with Crippen molar-refractivity contribution >= 4 is 38.6 Å². The average Bonchev–Trinajstić information content (AvgIpc) is 3.53. The third-order valence-electron chi connectivity index (χ3n) is 7.86. The van der Waals surface area contributed by atoms with Crippen LogP contribution in [-0.4, -0.2) is 50.2 Å². The van der Waals surface area contributed by atoms with E-state index in [0.29, 0.717) is 12.5 Å². The van der Waals surface area contributed by atoms with Gasteiger partial charge in [0.1, 0.15) is 17.4 Å². The number of hydrogen-bond donors (Lipinski definition) is 1. The molecular weight excluding hydrogens is 512 g/mol. The number of benzene rings is 3. The number of imidazole rings is 1. The van der Waals surface area contributed by atoms with E-state index in [-0.39, 0.29) is 11.7 Å². The van der Waals surface area contributed by atoms with Crippen LogP contribution < -0.4 is 9.47 Å². The molecule has 2 aliphatic rings. The Balaban J connectivity index is 1.06. The molecule has 0 radical (unpaired) electrons. The number of thiazole rings is 1. The van der Waals surface area contributed by atoms with Crippen molar-refractivity contribution in [1.29, 1.82) is 0 Å². The van der Waals surface area contributed by atoms with Gasteiger partial charge in [-0.15, -0.1) is 11.3 Å². The molecular formula is C30H28N4O4S. The normalized spacial score (nSPS) is 18.1. The number of aromatic carboxylic acids is 1. The molecule has 1 saturated heterocycles. The number of carbonyl (C=O) groups is 1. The number of nitrogens with zero attached hydrogens (tertiary/aromatic N) is 4. The summed E-state index contributed by atoms with van der Waals surface area (Å²) in [4.78, 5) is 23.4. The highest BCUT2D eigenvalue weighted by molar-refractivity contribution is 7.18. The lowest BCUT2D eigenvalue weighted by molar-refractivity contribution is 0.0697. The maximum absolute atomic E-state index is 11.4. The number of piperidine rings is 1. The lowest BCUT2D eigenvalue weighted by Gasteiger charge is -2.34. The summed E-state index contributed by atoms with van der Waals surface area (Å²) in [5.41, 5.74) is 4.15. The van der Waals surface area contributed by atoms with Gasteiger partial charge in [-0.05, 0) is 68.2 Å². The van der Waals surface area contributed by atoms with E-state index in [0.717, 1.165) is 76.1 Å². The van der Waals surface area contributed by atoms with Crippen molar-refractivity contribution in [3.05, 3.63) is 82.6 Å². The van der Waals surface area contributed by atoms with Crippen LogP contribution in [0.25, 0.3) is 21.3 Å². The molecule has 7 rings (SSSR count). The van der Waals surface area contributed by atoms with Gasteiger partial charge in [0.25, 0.3) is 0 Å². The van der Waals surface area contributed by atoms with Crippen molar-refractivity contribution in [3.8, 4) is 11.5 Å². The summed E-state index contributed by atoms with van der Waals surface area (Å²) in [7, 11) is 1.96. The molecule has 0 spiro atoms. The van der Waals surface area contributed by atoms with Crippen molar-refractivity contribution in [2.24, 2.45) is 7.05 Å². The number of aryl methyl sites for hydroxylation is 1. The van der Waals surface area contributed by atoms with Gasteiger partial charge in [0, 0.05) is 12.6 Å². The van der Waals surface area contributed by atoms with Crippen LogP contribution in [0.3, 0.4) is 0 Å². The first-order valence-corrected chi connectivity index (χ1v) is 14.0. The Morgan fingerprint density at radius 1 is 1.05 bits per heavy atom. The molecule has 9 heteroatoms. The molecule has 5 aromatic rings. The van der Waals surface area contributed by atoms with Crippen molar-refractivity contribution in [3.63, 3.8) is 0 Å². The molecule has 0 aliphatic carbocycles. The van der Waals surface area contributed by atoms with Crippen LogP contribution in [-0.2, 0) is 13.6 Å². The molecule has 8 nitrogen and oxygen atoms in total. The Morgan fingerprint density at radius 3 is 2.72 bits per heavy atom. The molecule has 198 valence electrons. The van der Waals surface area contributed by atoms with Crippen molar-refractivity contribution in [2.75, 3.05) is 19.7 Å². The summed E-state index contributed by atoms with van der Waals surface area (Å²) in [6.45, 7) is 3.08. The second-order valence-electron chi connectivity index (χ2n) is 10.3. The van der Waals surface area contributed by atoms with Gasteiger partial charge < -0.3 is 19.1 Å². The number of likely N-dealkylation sites (tertiary alicyclic amines) is 1. The maximum Gasteiger partial charge on any atom is 0.335 e. The summed E-state index contributed by atoms with van der Waals surface area (Å²) < 4.78 is 15.9. The van der Waals surface area contributed by atoms with Gasteiger partial charge in [-0.3, -0.25) is 4.90 Å². The van der Waals surface area contributed by atoms with E-state index in [2.05, 4.69) is 23.1 Å². The van der Waals surface area contributed by atoms with E-state index in [4.69, 9.17) is 19.4 Å². The largest absolute Gasteiger partial charge is 0.485 e. The molecule has 3 aromatic carbocycles. The van der Waals surface area contributed by atoms with Crippen LogP contribution in [0.2, 0.25) is 0 Å². The number of hydrogen-bond acceptors (Lipinski definition) is 7. The zero-order valence-corrected chi connectivity index (χ0v) is 22.4. The Hall–Kier alpha value is -3.95. The lowest BCUT2D eigenvalue weighted by Crippen LogP contribution is -2.33. The smallest absolute Gasteiger partial charge is 0.335 e. The number of carboxylic acids is 1. The van der Waals surface area contributed by atoms with Crippen molar-refractivity contribution < 1.29 is 19.4 Å². The van der Waals surface area contributed by atoms with Gasteiger partial charge in [-0.2, -0.15) is 0 Å². The summed E-state index contributed by atoms with van der Waals surface area (Å²) in [6, 6.07) is 19.5. The molecule has 2 aromatic heterocycles. The van der Waals surface area contributed by atoms with Gasteiger partial charge >= 0.3 is 5.97 Å². The highest BCUT2D eigenvalue weighted by Crippen LogP contribution is 2.45. The summed E-state index contributed by atoms with van der Waals surface area (Å²) in [5, 5.41) is 10.3. The molecule has 1 atom stereocenters. The van der Waals surface area contributed by atoms with Gasteiger partial charge in [0.05, 0.1) is 33.4 Å². The summed E-state index contributed by atoms with van der Waals surface area (Å²) in [6.07, 6.45) is 1.81. The predicted molar refractivity (Wildman–Crippen MR) is 150 cm³/mol. The SMILES string of the molecule is Cn1c(CN2CCC(c3cccc4c3OC(c3nc5ccccc5s3)CO4)CC2)nc2ccc(C(=O)O)cc21. The van der Waals surface area contributed by atoms with Crippen molar-refractivity contribution in [1.82, 2.24) is 19.4 Å². The number of aromatic nitrogens is 3.